The number of H-pyrrole nitrogens is 1. The second-order valence-corrected chi connectivity index (χ2v) is 6.32. The zero-order chi connectivity index (χ0) is 19.1. The number of amides is 1. The van der Waals surface area contributed by atoms with E-state index in [4.69, 9.17) is 9.47 Å². The summed E-state index contributed by atoms with van der Waals surface area (Å²) in [5.41, 5.74) is 3.16. The first kappa shape index (κ1) is 18.8. The Labute approximate surface area is 159 Å². The number of carbonyl (C=O) groups is 1. The lowest BCUT2D eigenvalue weighted by atomic mass is 10.1. The molecule has 5 nitrogen and oxygen atoms in total. The molecule has 3 aromatic rings. The van der Waals surface area contributed by atoms with Gasteiger partial charge in [-0.25, -0.2) is 0 Å². The van der Waals surface area contributed by atoms with Gasteiger partial charge < -0.3 is 19.8 Å². The van der Waals surface area contributed by atoms with E-state index in [1.54, 1.807) is 0 Å². The highest BCUT2D eigenvalue weighted by Crippen LogP contribution is 2.28. The Morgan fingerprint density at radius 2 is 1.74 bits per heavy atom. The van der Waals surface area contributed by atoms with Crippen LogP contribution in [0.5, 0.6) is 11.5 Å². The topological polar surface area (TPSA) is 63.3 Å². The average molecular weight is 366 g/mol. The second kappa shape index (κ2) is 9.12. The average Bonchev–Trinajstić information content (AvgIpc) is 3.12. The lowest BCUT2D eigenvalue weighted by Gasteiger charge is -2.12. The molecule has 1 amide bonds. The predicted octanol–water partition coefficient (Wildman–Crippen LogP) is 3.87. The fraction of sp³-hybridized carbons (Fsp3) is 0.318. The molecule has 1 heterocycles. The zero-order valence-corrected chi connectivity index (χ0v) is 15.9. The SMILES string of the molecule is CCOc1ccc(CCNC(=O)Cc2ccc3cc[nH]c3c2)cc1OCC. The van der Waals surface area contributed by atoms with E-state index in [1.807, 2.05) is 62.5 Å². The third kappa shape index (κ3) is 5.03. The number of fused-ring (bicyclic) bond motifs is 1. The van der Waals surface area contributed by atoms with Crippen molar-refractivity contribution < 1.29 is 14.3 Å². The first-order chi connectivity index (χ1) is 13.2. The maximum atomic E-state index is 12.2. The van der Waals surface area contributed by atoms with Gasteiger partial charge in [-0.15, -0.1) is 0 Å². The van der Waals surface area contributed by atoms with Gasteiger partial charge in [0.15, 0.2) is 11.5 Å². The van der Waals surface area contributed by atoms with Crippen molar-refractivity contribution in [1.29, 1.82) is 0 Å². The molecule has 0 atom stereocenters. The van der Waals surface area contributed by atoms with Gasteiger partial charge in [-0.2, -0.15) is 0 Å². The van der Waals surface area contributed by atoms with Gasteiger partial charge in [0, 0.05) is 18.3 Å². The van der Waals surface area contributed by atoms with Gasteiger partial charge in [0.05, 0.1) is 19.6 Å². The number of aromatic amines is 1. The maximum Gasteiger partial charge on any atom is 0.224 e. The minimum Gasteiger partial charge on any atom is -0.490 e. The predicted molar refractivity (Wildman–Crippen MR) is 107 cm³/mol. The van der Waals surface area contributed by atoms with Crippen molar-refractivity contribution in [3.63, 3.8) is 0 Å². The summed E-state index contributed by atoms with van der Waals surface area (Å²) in [6.07, 6.45) is 3.03. The maximum absolute atomic E-state index is 12.2. The molecule has 0 saturated carbocycles. The highest BCUT2D eigenvalue weighted by atomic mass is 16.5. The van der Waals surface area contributed by atoms with Gasteiger partial charge in [-0.3, -0.25) is 4.79 Å². The number of carbonyl (C=O) groups excluding carboxylic acids is 1. The van der Waals surface area contributed by atoms with E-state index in [9.17, 15) is 4.79 Å². The molecule has 1 aromatic heterocycles. The van der Waals surface area contributed by atoms with E-state index in [0.717, 1.165) is 39.9 Å². The molecule has 0 radical (unpaired) electrons. The molecule has 0 fully saturated rings. The van der Waals surface area contributed by atoms with Crippen molar-refractivity contribution >= 4 is 16.8 Å². The highest BCUT2D eigenvalue weighted by Gasteiger charge is 2.08. The van der Waals surface area contributed by atoms with Crippen LogP contribution in [0.1, 0.15) is 25.0 Å². The van der Waals surface area contributed by atoms with Crippen LogP contribution in [0.4, 0.5) is 0 Å². The number of hydrogen-bond acceptors (Lipinski definition) is 3. The van der Waals surface area contributed by atoms with Crippen molar-refractivity contribution in [2.24, 2.45) is 0 Å². The monoisotopic (exact) mass is 366 g/mol. The Kier molecular flexibility index (Phi) is 6.36. The van der Waals surface area contributed by atoms with Crippen molar-refractivity contribution in [3.8, 4) is 11.5 Å². The van der Waals surface area contributed by atoms with Gasteiger partial charge >= 0.3 is 0 Å². The number of aromatic nitrogens is 1. The van der Waals surface area contributed by atoms with Crippen molar-refractivity contribution in [2.45, 2.75) is 26.7 Å². The van der Waals surface area contributed by atoms with Crippen LogP contribution in [0.3, 0.4) is 0 Å². The lowest BCUT2D eigenvalue weighted by Crippen LogP contribution is -2.27. The Bertz CT molecular complexity index is 901. The molecule has 0 spiro atoms. The standard InChI is InChI=1S/C22H26N2O3/c1-3-26-20-8-6-16(14-21(20)27-4-2)9-11-24-22(25)15-17-5-7-18-10-12-23-19(18)13-17/h5-8,10,12-14,23H,3-4,9,11,15H2,1-2H3,(H,24,25). The molecule has 0 aliphatic heterocycles. The molecule has 0 aliphatic rings. The first-order valence-corrected chi connectivity index (χ1v) is 9.40. The summed E-state index contributed by atoms with van der Waals surface area (Å²) in [6, 6.07) is 14.0. The van der Waals surface area contributed by atoms with Crippen LogP contribution < -0.4 is 14.8 Å². The molecule has 0 unspecified atom stereocenters. The van der Waals surface area contributed by atoms with E-state index in [0.29, 0.717) is 26.2 Å². The number of ether oxygens (including phenoxy) is 2. The second-order valence-electron chi connectivity index (χ2n) is 6.32. The Morgan fingerprint density at radius 1 is 0.963 bits per heavy atom. The summed E-state index contributed by atoms with van der Waals surface area (Å²) in [5, 5.41) is 4.14. The molecular formula is C22H26N2O3. The molecule has 0 aliphatic carbocycles. The summed E-state index contributed by atoms with van der Waals surface area (Å²) >= 11 is 0. The summed E-state index contributed by atoms with van der Waals surface area (Å²) in [5.74, 6) is 1.53. The van der Waals surface area contributed by atoms with E-state index < -0.39 is 0 Å². The summed E-state index contributed by atoms with van der Waals surface area (Å²) in [7, 11) is 0. The zero-order valence-electron chi connectivity index (χ0n) is 15.9. The van der Waals surface area contributed by atoms with E-state index >= 15 is 0 Å². The van der Waals surface area contributed by atoms with E-state index in [1.165, 1.54) is 0 Å². The van der Waals surface area contributed by atoms with Gasteiger partial charge in [0.1, 0.15) is 0 Å². The minimum absolute atomic E-state index is 0.0249. The quantitative estimate of drug-likeness (QED) is 0.604. The van der Waals surface area contributed by atoms with Crippen LogP contribution in [0.2, 0.25) is 0 Å². The number of nitrogens with one attached hydrogen (secondary N) is 2. The largest absolute Gasteiger partial charge is 0.490 e. The first-order valence-electron chi connectivity index (χ1n) is 9.40. The van der Waals surface area contributed by atoms with Crippen LogP contribution in [0.25, 0.3) is 10.9 Å². The molecule has 5 heteroatoms. The molecule has 0 bridgehead atoms. The molecule has 2 N–H and O–H groups in total. The smallest absolute Gasteiger partial charge is 0.224 e. The normalized spacial score (nSPS) is 10.7. The summed E-state index contributed by atoms with van der Waals surface area (Å²) in [6.45, 7) is 5.68. The fourth-order valence-corrected chi connectivity index (χ4v) is 3.05. The number of rotatable bonds is 9. The number of benzene rings is 2. The fourth-order valence-electron chi connectivity index (χ4n) is 3.05. The van der Waals surface area contributed by atoms with Crippen molar-refractivity contribution in [2.75, 3.05) is 19.8 Å². The Morgan fingerprint density at radius 3 is 2.56 bits per heavy atom. The van der Waals surface area contributed by atoms with Gasteiger partial charge in [0.25, 0.3) is 0 Å². The molecule has 142 valence electrons. The highest BCUT2D eigenvalue weighted by molar-refractivity contribution is 5.83. The van der Waals surface area contributed by atoms with Crippen LogP contribution in [-0.4, -0.2) is 30.6 Å². The van der Waals surface area contributed by atoms with Crippen LogP contribution in [0.15, 0.2) is 48.7 Å². The molecule has 0 saturated heterocycles. The van der Waals surface area contributed by atoms with Crippen LogP contribution >= 0.6 is 0 Å². The Hall–Kier alpha value is -2.95. The molecule has 2 aromatic carbocycles. The van der Waals surface area contributed by atoms with Gasteiger partial charge in [0.2, 0.25) is 5.91 Å². The number of hydrogen-bond donors (Lipinski definition) is 2. The molecule has 27 heavy (non-hydrogen) atoms. The third-order valence-electron chi connectivity index (χ3n) is 4.33. The summed E-state index contributed by atoms with van der Waals surface area (Å²) < 4.78 is 11.2. The van der Waals surface area contributed by atoms with Gasteiger partial charge in [-0.1, -0.05) is 18.2 Å². The summed E-state index contributed by atoms with van der Waals surface area (Å²) in [4.78, 5) is 15.4. The minimum atomic E-state index is 0.0249. The van der Waals surface area contributed by atoms with Crippen LogP contribution in [0, 0.1) is 0 Å². The van der Waals surface area contributed by atoms with Crippen molar-refractivity contribution in [3.05, 3.63) is 59.8 Å². The van der Waals surface area contributed by atoms with Gasteiger partial charge in [-0.05, 0) is 61.0 Å². The third-order valence-corrected chi connectivity index (χ3v) is 4.33. The van der Waals surface area contributed by atoms with Crippen LogP contribution in [-0.2, 0) is 17.6 Å². The Balaban J connectivity index is 1.52. The van der Waals surface area contributed by atoms with E-state index in [-0.39, 0.29) is 5.91 Å². The molecular weight excluding hydrogens is 340 g/mol. The molecule has 3 rings (SSSR count). The van der Waals surface area contributed by atoms with Crippen molar-refractivity contribution in [1.82, 2.24) is 10.3 Å². The van der Waals surface area contributed by atoms with E-state index in [2.05, 4.69) is 10.3 Å². The lowest BCUT2D eigenvalue weighted by molar-refractivity contribution is -0.120.